The van der Waals surface area contributed by atoms with Gasteiger partial charge in [0, 0.05) is 11.9 Å². The van der Waals surface area contributed by atoms with E-state index in [1.807, 2.05) is 12.1 Å². The first kappa shape index (κ1) is 14.3. The average Bonchev–Trinajstić information content (AvgIpc) is 2.33. The molecule has 1 heterocycles. The highest BCUT2D eigenvalue weighted by atomic mass is 35.5. The number of hydrogen-bond acceptors (Lipinski definition) is 4. The number of benzene rings is 1. The third kappa shape index (κ3) is 3.70. The van der Waals surface area contributed by atoms with Crippen molar-refractivity contribution in [1.29, 1.82) is 0 Å². The third-order valence-electron chi connectivity index (χ3n) is 2.45. The van der Waals surface area contributed by atoms with Crippen molar-refractivity contribution in [2.75, 3.05) is 17.6 Å². The molecule has 8 heteroatoms. The van der Waals surface area contributed by atoms with Gasteiger partial charge in [-0.15, -0.1) is 0 Å². The summed E-state index contributed by atoms with van der Waals surface area (Å²) in [4.78, 5) is 4.29. The maximum atomic E-state index is 10.8. The molecule has 0 aliphatic rings. The van der Waals surface area contributed by atoms with Crippen LogP contribution in [0.3, 0.4) is 0 Å². The molecular weight excluding hydrogens is 309 g/mol. The fourth-order valence-electron chi connectivity index (χ4n) is 1.55. The first-order chi connectivity index (χ1) is 8.87. The molecule has 102 valence electrons. The van der Waals surface area contributed by atoms with Gasteiger partial charge >= 0.3 is 0 Å². The van der Waals surface area contributed by atoms with Gasteiger partial charge in [-0.1, -0.05) is 29.3 Å². The molecule has 0 atom stereocenters. The van der Waals surface area contributed by atoms with Crippen LogP contribution in [0.2, 0.25) is 10.0 Å². The molecule has 1 aromatic carbocycles. The van der Waals surface area contributed by atoms with E-state index < -0.39 is 10.0 Å². The number of fused-ring (bicyclic) bond motifs is 1. The van der Waals surface area contributed by atoms with Crippen molar-refractivity contribution in [3.05, 3.63) is 34.3 Å². The molecule has 0 aliphatic heterocycles. The number of nitrogens with zero attached hydrogens (tertiary/aromatic N) is 1. The zero-order valence-corrected chi connectivity index (χ0v) is 12.1. The van der Waals surface area contributed by atoms with Gasteiger partial charge in [0.1, 0.15) is 5.82 Å². The maximum Gasteiger partial charge on any atom is 0.210 e. The average molecular weight is 320 g/mol. The Labute approximate surface area is 120 Å². The Bertz CT molecular complexity index is 719. The van der Waals surface area contributed by atoms with Crippen LogP contribution in [-0.4, -0.2) is 25.7 Å². The number of hydrogen-bond donors (Lipinski definition) is 2. The van der Waals surface area contributed by atoms with Crippen molar-refractivity contribution in [2.24, 2.45) is 5.14 Å². The number of sulfonamides is 1. The van der Waals surface area contributed by atoms with Gasteiger partial charge in [0.2, 0.25) is 10.0 Å². The first-order valence-electron chi connectivity index (χ1n) is 5.36. The standard InChI is InChI=1S/C11H11Cl2N3O2S/c12-8-3-1-7-2-4-9(16-11(7)10(8)13)15-5-6-19(14,17)18/h1-4H,5-6H2,(H,15,16)(H2,14,17,18). The second kappa shape index (κ2) is 5.50. The Kier molecular flexibility index (Phi) is 4.15. The SMILES string of the molecule is NS(=O)(=O)CCNc1ccc2ccc(Cl)c(Cl)c2n1. The molecule has 5 nitrogen and oxygen atoms in total. The third-order valence-corrected chi connectivity index (χ3v) is 4.01. The van der Waals surface area contributed by atoms with Crippen molar-refractivity contribution in [1.82, 2.24) is 4.98 Å². The lowest BCUT2D eigenvalue weighted by Gasteiger charge is -2.07. The van der Waals surface area contributed by atoms with E-state index in [0.717, 1.165) is 5.39 Å². The topological polar surface area (TPSA) is 85.1 Å². The quantitative estimate of drug-likeness (QED) is 0.905. The monoisotopic (exact) mass is 319 g/mol. The molecule has 0 fully saturated rings. The Hall–Kier alpha value is -1.08. The van der Waals surface area contributed by atoms with Gasteiger partial charge in [0.25, 0.3) is 0 Å². The molecule has 0 aliphatic carbocycles. The number of nitrogens with one attached hydrogen (secondary N) is 1. The molecule has 0 saturated heterocycles. The van der Waals surface area contributed by atoms with Gasteiger partial charge in [-0.3, -0.25) is 0 Å². The number of pyridine rings is 1. The van der Waals surface area contributed by atoms with Crippen LogP contribution >= 0.6 is 23.2 Å². The summed E-state index contributed by atoms with van der Waals surface area (Å²) in [6.07, 6.45) is 0. The summed E-state index contributed by atoms with van der Waals surface area (Å²) >= 11 is 12.0. The minimum absolute atomic E-state index is 0.171. The van der Waals surface area contributed by atoms with Crippen LogP contribution in [0.15, 0.2) is 24.3 Å². The number of rotatable bonds is 4. The van der Waals surface area contributed by atoms with Crippen molar-refractivity contribution in [2.45, 2.75) is 0 Å². The number of primary sulfonamides is 1. The van der Waals surface area contributed by atoms with Crippen molar-refractivity contribution in [3.8, 4) is 0 Å². The van der Waals surface area contributed by atoms with Crippen LogP contribution in [0, 0.1) is 0 Å². The molecule has 0 bridgehead atoms. The highest BCUT2D eigenvalue weighted by Gasteiger charge is 2.07. The van der Waals surface area contributed by atoms with Crippen molar-refractivity contribution < 1.29 is 8.42 Å². The second-order valence-corrected chi connectivity index (χ2v) is 6.44. The summed E-state index contributed by atoms with van der Waals surface area (Å²) in [7, 11) is -3.49. The van der Waals surface area contributed by atoms with Gasteiger partial charge in [-0.05, 0) is 18.2 Å². The molecule has 0 saturated carbocycles. The summed E-state index contributed by atoms with van der Waals surface area (Å²) in [5.41, 5.74) is 0.565. The highest BCUT2D eigenvalue weighted by Crippen LogP contribution is 2.30. The number of aromatic nitrogens is 1. The van der Waals surface area contributed by atoms with E-state index in [9.17, 15) is 8.42 Å². The Balaban J connectivity index is 2.24. The largest absolute Gasteiger partial charge is 0.369 e. The Morgan fingerprint density at radius 2 is 1.89 bits per heavy atom. The molecule has 0 amide bonds. The Morgan fingerprint density at radius 3 is 2.58 bits per heavy atom. The van der Waals surface area contributed by atoms with Gasteiger partial charge in [-0.2, -0.15) is 0 Å². The van der Waals surface area contributed by atoms with Crippen LogP contribution in [0.1, 0.15) is 0 Å². The van der Waals surface area contributed by atoms with E-state index in [-0.39, 0.29) is 12.3 Å². The normalized spacial score (nSPS) is 11.7. The molecule has 2 rings (SSSR count). The molecule has 3 N–H and O–H groups in total. The number of nitrogens with two attached hydrogens (primary N) is 1. The van der Waals surface area contributed by atoms with Gasteiger partial charge in [0.05, 0.1) is 21.3 Å². The van der Waals surface area contributed by atoms with Crippen LogP contribution in [-0.2, 0) is 10.0 Å². The van der Waals surface area contributed by atoms with E-state index in [1.165, 1.54) is 0 Å². The van der Waals surface area contributed by atoms with E-state index in [2.05, 4.69) is 10.3 Å². The molecule has 0 spiro atoms. The highest BCUT2D eigenvalue weighted by molar-refractivity contribution is 7.89. The van der Waals surface area contributed by atoms with Crippen molar-refractivity contribution in [3.63, 3.8) is 0 Å². The predicted molar refractivity (Wildman–Crippen MR) is 78.2 cm³/mol. The van der Waals surface area contributed by atoms with Crippen LogP contribution < -0.4 is 10.5 Å². The predicted octanol–water partition coefficient (Wildman–Crippen LogP) is 2.24. The summed E-state index contributed by atoms with van der Waals surface area (Å²) in [5, 5.41) is 9.42. The first-order valence-corrected chi connectivity index (χ1v) is 7.83. The summed E-state index contributed by atoms with van der Waals surface area (Å²) in [6, 6.07) is 7.06. The smallest absolute Gasteiger partial charge is 0.210 e. The lowest BCUT2D eigenvalue weighted by molar-refractivity contribution is 0.598. The molecule has 2 aromatic rings. The van der Waals surface area contributed by atoms with E-state index in [0.29, 0.717) is 21.4 Å². The van der Waals surface area contributed by atoms with E-state index >= 15 is 0 Å². The minimum atomic E-state index is -3.49. The van der Waals surface area contributed by atoms with Gasteiger partial charge in [0.15, 0.2) is 0 Å². The fourth-order valence-corrected chi connectivity index (χ4v) is 2.30. The van der Waals surface area contributed by atoms with E-state index in [4.69, 9.17) is 28.3 Å². The van der Waals surface area contributed by atoms with Gasteiger partial charge in [-0.25, -0.2) is 18.5 Å². The maximum absolute atomic E-state index is 10.8. The van der Waals surface area contributed by atoms with Crippen LogP contribution in [0.4, 0.5) is 5.82 Å². The Morgan fingerprint density at radius 1 is 1.21 bits per heavy atom. The zero-order valence-electron chi connectivity index (χ0n) is 9.73. The number of halogens is 2. The fraction of sp³-hybridized carbons (Fsp3) is 0.182. The van der Waals surface area contributed by atoms with Crippen LogP contribution in [0.25, 0.3) is 10.9 Å². The van der Waals surface area contributed by atoms with Gasteiger partial charge < -0.3 is 5.32 Å². The summed E-state index contributed by atoms with van der Waals surface area (Å²) < 4.78 is 21.6. The molecule has 1 aromatic heterocycles. The molecule has 19 heavy (non-hydrogen) atoms. The molecule has 0 radical (unpaired) electrons. The summed E-state index contributed by atoms with van der Waals surface area (Å²) in [6.45, 7) is 0.176. The molecular formula is C11H11Cl2N3O2S. The number of anilines is 1. The summed E-state index contributed by atoms with van der Waals surface area (Å²) in [5.74, 6) is 0.344. The van der Waals surface area contributed by atoms with Crippen LogP contribution in [0.5, 0.6) is 0 Å². The van der Waals surface area contributed by atoms with Crippen molar-refractivity contribution >= 4 is 49.9 Å². The minimum Gasteiger partial charge on any atom is -0.369 e. The zero-order chi connectivity index (χ0) is 14.0. The lowest BCUT2D eigenvalue weighted by atomic mass is 10.2. The van der Waals surface area contributed by atoms with E-state index in [1.54, 1.807) is 12.1 Å². The lowest BCUT2D eigenvalue weighted by Crippen LogP contribution is -2.22. The second-order valence-electron chi connectivity index (χ2n) is 3.92. The molecule has 0 unspecified atom stereocenters.